The lowest BCUT2D eigenvalue weighted by Gasteiger charge is -2.08. The van der Waals surface area contributed by atoms with Crippen LogP contribution in [-0.2, 0) is 9.47 Å². The number of ether oxygens (including phenoxy) is 2. The van der Waals surface area contributed by atoms with Crippen molar-refractivity contribution in [2.45, 2.75) is 31.7 Å². The molecule has 1 aliphatic carbocycles. The van der Waals surface area contributed by atoms with Gasteiger partial charge in [0.2, 0.25) is 0 Å². The van der Waals surface area contributed by atoms with E-state index < -0.39 is 11.7 Å². The summed E-state index contributed by atoms with van der Waals surface area (Å²) in [6.07, 6.45) is 2.26. The molecule has 0 aromatic rings. The molecule has 0 unspecified atom stereocenters. The van der Waals surface area contributed by atoms with E-state index in [0.717, 1.165) is 12.8 Å². The summed E-state index contributed by atoms with van der Waals surface area (Å²) in [6, 6.07) is 0. The van der Waals surface area contributed by atoms with Crippen LogP contribution in [0.1, 0.15) is 26.2 Å². The van der Waals surface area contributed by atoms with Crippen LogP contribution in [0, 0.1) is 5.92 Å². The number of carbonyl (C=O) groups is 1. The van der Waals surface area contributed by atoms with E-state index in [1.807, 2.05) is 6.92 Å². The average Bonchev–Trinajstić information content (AvgIpc) is 2.83. The molecule has 0 heterocycles. The molecule has 1 aliphatic rings. The molecule has 0 amide bonds. The van der Waals surface area contributed by atoms with Gasteiger partial charge in [-0.3, -0.25) is 0 Å². The van der Waals surface area contributed by atoms with Crippen LogP contribution in [0.15, 0.2) is 0 Å². The second-order valence-corrected chi connectivity index (χ2v) is 3.43. The van der Waals surface area contributed by atoms with Gasteiger partial charge in [-0.1, -0.05) is 18.5 Å². The second kappa shape index (κ2) is 4.55. The van der Waals surface area contributed by atoms with Crippen molar-refractivity contribution in [1.29, 1.82) is 0 Å². The summed E-state index contributed by atoms with van der Waals surface area (Å²) in [5.41, 5.74) is -0.559. The minimum Gasteiger partial charge on any atom is -0.434 e. The van der Waals surface area contributed by atoms with Gasteiger partial charge in [0.25, 0.3) is 0 Å². The highest BCUT2D eigenvalue weighted by molar-refractivity contribution is 6.20. The molecule has 0 radical (unpaired) electrons. The minimum absolute atomic E-state index is 0.478. The van der Waals surface area contributed by atoms with Crippen molar-refractivity contribution in [2.24, 2.45) is 5.92 Å². The Balaban J connectivity index is 2.01. The summed E-state index contributed by atoms with van der Waals surface area (Å²) in [5.74, 6) is 0.563. The predicted molar refractivity (Wildman–Crippen MR) is 45.1 cm³/mol. The van der Waals surface area contributed by atoms with Gasteiger partial charge in [0.1, 0.15) is 0 Å². The first-order chi connectivity index (χ1) is 5.72. The fourth-order valence-electron chi connectivity index (χ4n) is 0.692. The molecule has 12 heavy (non-hydrogen) atoms. The highest BCUT2D eigenvalue weighted by Gasteiger charge is 2.23. The Morgan fingerprint density at radius 2 is 2.33 bits per heavy atom. The van der Waals surface area contributed by atoms with E-state index in [2.05, 4.69) is 4.74 Å². The molecule has 0 bridgehead atoms. The summed E-state index contributed by atoms with van der Waals surface area (Å²) in [5, 5.41) is 0. The molecule has 0 spiro atoms. The van der Waals surface area contributed by atoms with Crippen molar-refractivity contribution in [1.82, 2.24) is 0 Å². The largest absolute Gasteiger partial charge is 0.509 e. The number of alkyl halides is 1. The third-order valence-corrected chi connectivity index (χ3v) is 2.08. The summed E-state index contributed by atoms with van der Waals surface area (Å²) in [4.78, 5) is 10.8. The van der Waals surface area contributed by atoms with Crippen molar-refractivity contribution in [2.75, 3.05) is 6.61 Å². The smallest absolute Gasteiger partial charge is 0.434 e. The van der Waals surface area contributed by atoms with Crippen LogP contribution in [0.25, 0.3) is 0 Å². The van der Waals surface area contributed by atoms with Crippen LogP contribution < -0.4 is 0 Å². The highest BCUT2D eigenvalue weighted by atomic mass is 35.5. The zero-order valence-corrected chi connectivity index (χ0v) is 7.84. The van der Waals surface area contributed by atoms with Gasteiger partial charge in [-0.25, -0.2) is 4.79 Å². The summed E-state index contributed by atoms with van der Waals surface area (Å²) < 4.78 is 9.47. The second-order valence-electron chi connectivity index (χ2n) is 2.94. The number of rotatable bonds is 4. The van der Waals surface area contributed by atoms with Crippen molar-refractivity contribution in [3.8, 4) is 0 Å². The first kappa shape index (κ1) is 9.65. The van der Waals surface area contributed by atoms with Gasteiger partial charge in [0.05, 0.1) is 6.61 Å². The molecule has 0 N–H and O–H groups in total. The monoisotopic (exact) mass is 192 g/mol. The standard InChI is InChI=1S/C8H13ClO3/c1-2-7(9)12-8(10)11-5-6-3-4-6/h6-7H,2-5H2,1H3/t7-/m1/s1. The first-order valence-corrected chi connectivity index (χ1v) is 4.63. The predicted octanol–water partition coefficient (Wildman–Crippen LogP) is 2.52. The molecule has 1 atom stereocenters. The van der Waals surface area contributed by atoms with E-state index in [-0.39, 0.29) is 0 Å². The minimum atomic E-state index is -0.649. The molecule has 4 heteroatoms. The molecule has 1 saturated carbocycles. The molecule has 3 nitrogen and oxygen atoms in total. The van der Waals surface area contributed by atoms with Crippen LogP contribution >= 0.6 is 11.6 Å². The Bertz CT molecular complexity index is 156. The Morgan fingerprint density at radius 3 is 2.83 bits per heavy atom. The summed E-state index contributed by atoms with van der Waals surface area (Å²) in [7, 11) is 0. The Kier molecular flexibility index (Phi) is 3.66. The van der Waals surface area contributed by atoms with Crippen LogP contribution in [-0.4, -0.2) is 18.3 Å². The van der Waals surface area contributed by atoms with E-state index in [1.165, 1.54) is 0 Å². The molecular formula is C8H13ClO3. The molecular weight excluding hydrogens is 180 g/mol. The highest BCUT2D eigenvalue weighted by Crippen LogP contribution is 2.28. The van der Waals surface area contributed by atoms with E-state index >= 15 is 0 Å². The van der Waals surface area contributed by atoms with Gasteiger partial charge in [0, 0.05) is 0 Å². The Labute approximate surface area is 77.0 Å². The van der Waals surface area contributed by atoms with Gasteiger partial charge in [-0.05, 0) is 25.2 Å². The maximum absolute atomic E-state index is 10.8. The number of hydrogen-bond acceptors (Lipinski definition) is 3. The Hall–Kier alpha value is -0.440. The molecule has 0 aromatic heterocycles. The number of halogens is 1. The van der Waals surface area contributed by atoms with Gasteiger partial charge < -0.3 is 9.47 Å². The van der Waals surface area contributed by atoms with Crippen LogP contribution in [0.4, 0.5) is 4.79 Å². The van der Waals surface area contributed by atoms with Crippen molar-refractivity contribution in [3.63, 3.8) is 0 Å². The summed E-state index contributed by atoms with van der Waals surface area (Å²) >= 11 is 5.57. The summed E-state index contributed by atoms with van der Waals surface area (Å²) in [6.45, 7) is 2.32. The molecule has 70 valence electrons. The maximum atomic E-state index is 10.8. The molecule has 0 saturated heterocycles. The SMILES string of the molecule is CC[C@H](Cl)OC(=O)OCC1CC1. The topological polar surface area (TPSA) is 35.5 Å². The van der Waals surface area contributed by atoms with Gasteiger partial charge >= 0.3 is 6.16 Å². The number of hydrogen-bond donors (Lipinski definition) is 0. The lowest BCUT2D eigenvalue weighted by atomic mass is 10.5. The third kappa shape index (κ3) is 3.81. The maximum Gasteiger partial charge on any atom is 0.509 e. The molecule has 1 fully saturated rings. The van der Waals surface area contributed by atoms with Crippen LogP contribution in [0.5, 0.6) is 0 Å². The van der Waals surface area contributed by atoms with Gasteiger partial charge in [-0.15, -0.1) is 0 Å². The van der Waals surface area contributed by atoms with Crippen LogP contribution in [0.3, 0.4) is 0 Å². The van der Waals surface area contributed by atoms with Gasteiger partial charge in [-0.2, -0.15) is 0 Å². The lowest BCUT2D eigenvalue weighted by Crippen LogP contribution is -2.14. The van der Waals surface area contributed by atoms with Crippen molar-refractivity contribution >= 4 is 17.8 Å². The molecule has 0 aliphatic heterocycles. The molecule has 0 aromatic carbocycles. The fourth-order valence-corrected chi connectivity index (χ4v) is 0.765. The van der Waals surface area contributed by atoms with Gasteiger partial charge in [0.15, 0.2) is 5.56 Å². The fraction of sp³-hybridized carbons (Fsp3) is 0.875. The number of carbonyl (C=O) groups excluding carboxylic acids is 1. The quantitative estimate of drug-likeness (QED) is 0.507. The van der Waals surface area contributed by atoms with Crippen molar-refractivity contribution < 1.29 is 14.3 Å². The third-order valence-electron chi connectivity index (χ3n) is 1.68. The van der Waals surface area contributed by atoms with Crippen molar-refractivity contribution in [3.05, 3.63) is 0 Å². The molecule has 1 rings (SSSR count). The van der Waals surface area contributed by atoms with E-state index in [4.69, 9.17) is 16.3 Å². The van der Waals surface area contributed by atoms with Crippen LogP contribution in [0.2, 0.25) is 0 Å². The first-order valence-electron chi connectivity index (χ1n) is 4.20. The zero-order chi connectivity index (χ0) is 8.97. The zero-order valence-electron chi connectivity index (χ0n) is 7.09. The average molecular weight is 193 g/mol. The van der Waals surface area contributed by atoms with E-state index in [0.29, 0.717) is 18.9 Å². The van der Waals surface area contributed by atoms with E-state index in [9.17, 15) is 4.79 Å². The normalized spacial score (nSPS) is 18.5. The Morgan fingerprint density at radius 1 is 1.67 bits per heavy atom. The lowest BCUT2D eigenvalue weighted by molar-refractivity contribution is 0.0421. The van der Waals surface area contributed by atoms with E-state index in [1.54, 1.807) is 0 Å².